The Bertz CT molecular complexity index is 1170. The van der Waals surface area contributed by atoms with Crippen LogP contribution in [0.5, 0.6) is 0 Å². The van der Waals surface area contributed by atoms with Crippen molar-refractivity contribution in [3.8, 4) is 11.1 Å². The average molecular weight is 473 g/mol. The number of rotatable bonds is 9. The molecule has 0 bridgehead atoms. The second-order valence-electron chi connectivity index (χ2n) is 8.72. The van der Waals surface area contributed by atoms with Gasteiger partial charge in [-0.1, -0.05) is 78.9 Å². The molecule has 180 valence electrons. The summed E-state index contributed by atoms with van der Waals surface area (Å²) < 4.78 is 5.60. The molecule has 0 aliphatic heterocycles. The molecule has 7 nitrogen and oxygen atoms in total. The van der Waals surface area contributed by atoms with E-state index in [-0.39, 0.29) is 25.4 Å². The SMILES string of the molecule is C[C@@H](CC(=O)O)NC(=O)C(Cc1ccccc1)NC(=O)OCC1c2ccccc2-c2ccccc21. The number of carbonyl (C=O) groups is 3. The number of hydrogen-bond donors (Lipinski definition) is 3. The second kappa shape index (κ2) is 10.9. The van der Waals surface area contributed by atoms with Crippen LogP contribution in [0.25, 0.3) is 11.1 Å². The summed E-state index contributed by atoms with van der Waals surface area (Å²) in [6, 6.07) is 23.9. The number of fused-ring (bicyclic) bond motifs is 3. The van der Waals surface area contributed by atoms with E-state index in [1.807, 2.05) is 66.7 Å². The standard InChI is InChI=1S/C28H28N2O5/c1-18(15-26(31)32)29-27(33)25(16-19-9-3-2-4-10-19)30-28(34)35-17-24-22-13-7-5-11-20(22)21-12-6-8-14-23(21)24/h2-14,18,24-25H,15-17H2,1H3,(H,29,33)(H,30,34)(H,31,32)/t18-,25?/m0/s1. The number of carboxylic acids is 1. The summed E-state index contributed by atoms with van der Waals surface area (Å²) in [5.74, 6) is -1.57. The summed E-state index contributed by atoms with van der Waals surface area (Å²) in [5, 5.41) is 14.3. The zero-order chi connectivity index (χ0) is 24.8. The minimum Gasteiger partial charge on any atom is -0.481 e. The van der Waals surface area contributed by atoms with Crippen LogP contribution in [0.3, 0.4) is 0 Å². The van der Waals surface area contributed by atoms with E-state index >= 15 is 0 Å². The molecule has 7 heteroatoms. The minimum absolute atomic E-state index is 0.0925. The maximum atomic E-state index is 12.9. The largest absolute Gasteiger partial charge is 0.481 e. The minimum atomic E-state index is -1.01. The number of carbonyl (C=O) groups excluding carboxylic acids is 2. The molecule has 0 radical (unpaired) electrons. The molecule has 2 amide bonds. The van der Waals surface area contributed by atoms with Crippen LogP contribution < -0.4 is 10.6 Å². The lowest BCUT2D eigenvalue weighted by Gasteiger charge is -2.21. The third kappa shape index (κ3) is 5.87. The normalized spacial score (nSPS) is 13.7. The number of ether oxygens (including phenoxy) is 1. The highest BCUT2D eigenvalue weighted by atomic mass is 16.5. The summed E-state index contributed by atoms with van der Waals surface area (Å²) in [7, 11) is 0. The van der Waals surface area contributed by atoms with Crippen molar-refractivity contribution in [3.63, 3.8) is 0 Å². The van der Waals surface area contributed by atoms with Gasteiger partial charge in [-0.2, -0.15) is 0 Å². The molecule has 35 heavy (non-hydrogen) atoms. The van der Waals surface area contributed by atoms with E-state index in [9.17, 15) is 14.4 Å². The third-order valence-electron chi connectivity index (χ3n) is 6.10. The molecule has 1 aliphatic rings. The molecule has 3 aromatic rings. The summed E-state index contributed by atoms with van der Waals surface area (Å²) in [6.07, 6.45) is -0.667. The third-order valence-corrected chi connectivity index (χ3v) is 6.10. The molecule has 2 atom stereocenters. The lowest BCUT2D eigenvalue weighted by Crippen LogP contribution is -2.50. The topological polar surface area (TPSA) is 105 Å². The average Bonchev–Trinajstić information content (AvgIpc) is 3.16. The predicted molar refractivity (Wildman–Crippen MR) is 132 cm³/mol. The van der Waals surface area contributed by atoms with E-state index in [2.05, 4.69) is 22.8 Å². The Morgan fingerprint density at radius 1 is 0.857 bits per heavy atom. The van der Waals surface area contributed by atoms with Crippen LogP contribution in [0.4, 0.5) is 4.79 Å². The quantitative estimate of drug-likeness (QED) is 0.435. The molecule has 4 rings (SSSR count). The maximum absolute atomic E-state index is 12.9. The molecule has 0 heterocycles. The zero-order valence-corrected chi connectivity index (χ0v) is 19.4. The number of benzene rings is 3. The van der Waals surface area contributed by atoms with Gasteiger partial charge in [-0.05, 0) is 34.7 Å². The van der Waals surface area contributed by atoms with E-state index in [4.69, 9.17) is 9.84 Å². The van der Waals surface area contributed by atoms with Crippen LogP contribution in [-0.4, -0.2) is 41.8 Å². The number of carboxylic acid groups (broad SMARTS) is 1. The first-order chi connectivity index (χ1) is 16.9. The fraction of sp³-hybridized carbons (Fsp3) is 0.250. The van der Waals surface area contributed by atoms with Crippen molar-refractivity contribution in [1.82, 2.24) is 10.6 Å². The van der Waals surface area contributed by atoms with E-state index in [1.54, 1.807) is 6.92 Å². The van der Waals surface area contributed by atoms with Gasteiger partial charge in [0.05, 0.1) is 6.42 Å². The van der Waals surface area contributed by atoms with E-state index in [0.717, 1.165) is 27.8 Å². The fourth-order valence-corrected chi connectivity index (χ4v) is 4.50. The molecular weight excluding hydrogens is 444 g/mol. The first-order valence-electron chi connectivity index (χ1n) is 11.6. The van der Waals surface area contributed by atoms with Crippen molar-refractivity contribution in [2.24, 2.45) is 0 Å². The molecule has 3 aromatic carbocycles. The predicted octanol–water partition coefficient (Wildman–Crippen LogP) is 4.12. The van der Waals surface area contributed by atoms with Crippen molar-refractivity contribution in [1.29, 1.82) is 0 Å². The van der Waals surface area contributed by atoms with Gasteiger partial charge < -0.3 is 20.5 Å². The molecule has 0 saturated heterocycles. The van der Waals surface area contributed by atoms with Gasteiger partial charge in [0.15, 0.2) is 0 Å². The summed E-state index contributed by atoms with van der Waals surface area (Å²) >= 11 is 0. The highest BCUT2D eigenvalue weighted by Crippen LogP contribution is 2.44. The highest BCUT2D eigenvalue weighted by Gasteiger charge is 2.30. The fourth-order valence-electron chi connectivity index (χ4n) is 4.50. The van der Waals surface area contributed by atoms with Crippen LogP contribution in [-0.2, 0) is 20.7 Å². The lowest BCUT2D eigenvalue weighted by molar-refractivity contribution is -0.137. The number of alkyl carbamates (subject to hydrolysis) is 1. The van der Waals surface area contributed by atoms with Gasteiger partial charge in [-0.15, -0.1) is 0 Å². The molecule has 1 unspecified atom stereocenters. The maximum Gasteiger partial charge on any atom is 0.407 e. The lowest BCUT2D eigenvalue weighted by atomic mass is 9.98. The smallest absolute Gasteiger partial charge is 0.407 e. The molecule has 1 aliphatic carbocycles. The van der Waals surface area contributed by atoms with Gasteiger partial charge in [0.25, 0.3) is 0 Å². The number of aliphatic carboxylic acids is 1. The Labute approximate surface area is 204 Å². The summed E-state index contributed by atoms with van der Waals surface area (Å²) in [4.78, 5) is 36.6. The number of nitrogens with one attached hydrogen (secondary N) is 2. The van der Waals surface area contributed by atoms with Crippen LogP contribution in [0.15, 0.2) is 78.9 Å². The first kappa shape index (κ1) is 24.0. The van der Waals surface area contributed by atoms with Gasteiger partial charge in [0.1, 0.15) is 12.6 Å². The van der Waals surface area contributed by atoms with Crippen LogP contribution in [0, 0.1) is 0 Å². The Balaban J connectivity index is 1.44. The van der Waals surface area contributed by atoms with Gasteiger partial charge in [0, 0.05) is 18.4 Å². The molecule has 3 N–H and O–H groups in total. The van der Waals surface area contributed by atoms with Gasteiger partial charge in [-0.25, -0.2) is 4.79 Å². The van der Waals surface area contributed by atoms with Crippen molar-refractivity contribution in [2.75, 3.05) is 6.61 Å². The van der Waals surface area contributed by atoms with Crippen molar-refractivity contribution in [2.45, 2.75) is 37.8 Å². The van der Waals surface area contributed by atoms with Gasteiger partial charge in [-0.3, -0.25) is 9.59 Å². The van der Waals surface area contributed by atoms with Crippen LogP contribution >= 0.6 is 0 Å². The van der Waals surface area contributed by atoms with E-state index in [1.165, 1.54) is 0 Å². The molecule has 0 spiro atoms. The first-order valence-corrected chi connectivity index (χ1v) is 11.6. The zero-order valence-electron chi connectivity index (χ0n) is 19.4. The number of hydrogen-bond acceptors (Lipinski definition) is 4. The van der Waals surface area contributed by atoms with Crippen molar-refractivity contribution >= 4 is 18.0 Å². The molecule has 0 saturated carbocycles. The van der Waals surface area contributed by atoms with E-state index in [0.29, 0.717) is 0 Å². The molecule has 0 aromatic heterocycles. The van der Waals surface area contributed by atoms with Crippen LogP contribution in [0.1, 0.15) is 36.0 Å². The van der Waals surface area contributed by atoms with Gasteiger partial charge in [0.2, 0.25) is 5.91 Å². The number of amides is 2. The van der Waals surface area contributed by atoms with Crippen molar-refractivity contribution < 1.29 is 24.2 Å². The molecule has 0 fully saturated rings. The second-order valence-corrected chi connectivity index (χ2v) is 8.72. The Kier molecular flexibility index (Phi) is 7.45. The highest BCUT2D eigenvalue weighted by molar-refractivity contribution is 5.86. The van der Waals surface area contributed by atoms with Crippen molar-refractivity contribution in [3.05, 3.63) is 95.6 Å². The van der Waals surface area contributed by atoms with Gasteiger partial charge >= 0.3 is 12.1 Å². The monoisotopic (exact) mass is 472 g/mol. The Morgan fingerprint density at radius 2 is 1.43 bits per heavy atom. The van der Waals surface area contributed by atoms with E-state index < -0.39 is 30.1 Å². The molecular formula is C28H28N2O5. The Morgan fingerprint density at radius 3 is 2.03 bits per heavy atom. The van der Waals surface area contributed by atoms with Crippen LogP contribution in [0.2, 0.25) is 0 Å². The summed E-state index contributed by atoms with van der Waals surface area (Å²) in [6.45, 7) is 1.74. The Hall–Kier alpha value is -4.13. The summed E-state index contributed by atoms with van der Waals surface area (Å²) in [5.41, 5.74) is 5.32.